The Labute approximate surface area is 113 Å². The summed E-state index contributed by atoms with van der Waals surface area (Å²) < 4.78 is 0. The van der Waals surface area contributed by atoms with Crippen LogP contribution in [-0.4, -0.2) is 35.5 Å². The molecular formula is C12H14N2O4S. The molecule has 0 spiro atoms. The first-order valence-corrected chi connectivity index (χ1v) is 6.80. The number of aliphatic carboxylic acids is 1. The molecule has 1 aromatic rings. The van der Waals surface area contributed by atoms with Crippen LogP contribution in [0.2, 0.25) is 0 Å². The number of nitrogens with one attached hydrogen (secondary N) is 2. The number of amides is 2. The molecule has 1 saturated carbocycles. The number of carboxylic acid groups (broad SMARTS) is 1. The summed E-state index contributed by atoms with van der Waals surface area (Å²) in [6.45, 7) is -0.215. The minimum absolute atomic E-state index is 0.0226. The topological polar surface area (TPSA) is 95.5 Å². The number of rotatable bonds is 6. The Morgan fingerprint density at radius 3 is 2.68 bits per heavy atom. The molecule has 1 unspecified atom stereocenters. The molecule has 0 aliphatic heterocycles. The first-order chi connectivity index (χ1) is 9.08. The van der Waals surface area contributed by atoms with Crippen molar-refractivity contribution in [1.82, 2.24) is 10.6 Å². The van der Waals surface area contributed by atoms with Crippen molar-refractivity contribution in [2.24, 2.45) is 5.92 Å². The number of hydrogen-bond donors (Lipinski definition) is 3. The van der Waals surface area contributed by atoms with Gasteiger partial charge in [0.05, 0.1) is 11.4 Å². The van der Waals surface area contributed by atoms with Gasteiger partial charge in [-0.15, -0.1) is 11.3 Å². The molecule has 2 rings (SSSR count). The summed E-state index contributed by atoms with van der Waals surface area (Å²) in [5.74, 6) is -1.82. The average molecular weight is 282 g/mol. The maximum atomic E-state index is 11.6. The monoisotopic (exact) mass is 282 g/mol. The molecule has 1 aliphatic rings. The van der Waals surface area contributed by atoms with Crippen molar-refractivity contribution in [2.75, 3.05) is 6.54 Å². The predicted molar refractivity (Wildman–Crippen MR) is 68.9 cm³/mol. The van der Waals surface area contributed by atoms with Crippen LogP contribution in [0, 0.1) is 5.92 Å². The molecule has 102 valence electrons. The summed E-state index contributed by atoms with van der Waals surface area (Å²) in [6.07, 6.45) is 1.64. The van der Waals surface area contributed by atoms with Gasteiger partial charge in [-0.3, -0.25) is 9.59 Å². The van der Waals surface area contributed by atoms with Crippen LogP contribution < -0.4 is 10.6 Å². The lowest BCUT2D eigenvalue weighted by Gasteiger charge is -2.13. The lowest BCUT2D eigenvalue weighted by molar-refractivity contribution is -0.142. The molecule has 0 saturated heterocycles. The lowest BCUT2D eigenvalue weighted by atomic mass is 10.2. The van der Waals surface area contributed by atoms with Crippen molar-refractivity contribution >= 4 is 29.1 Å². The second kappa shape index (κ2) is 5.83. The fourth-order valence-electron chi connectivity index (χ4n) is 1.69. The first-order valence-electron chi connectivity index (χ1n) is 5.92. The smallest absolute Gasteiger partial charge is 0.326 e. The predicted octanol–water partition coefficient (Wildman–Crippen LogP) is 0.457. The third kappa shape index (κ3) is 3.78. The summed E-state index contributed by atoms with van der Waals surface area (Å²) in [7, 11) is 0. The van der Waals surface area contributed by atoms with Crippen molar-refractivity contribution in [3.05, 3.63) is 22.4 Å². The van der Waals surface area contributed by atoms with Crippen molar-refractivity contribution in [2.45, 2.75) is 18.9 Å². The number of hydrogen-bond acceptors (Lipinski definition) is 4. The second-order valence-corrected chi connectivity index (χ2v) is 5.33. The Morgan fingerprint density at radius 1 is 1.42 bits per heavy atom. The summed E-state index contributed by atoms with van der Waals surface area (Å²) in [5, 5.41) is 15.6. The van der Waals surface area contributed by atoms with E-state index < -0.39 is 17.9 Å². The summed E-state index contributed by atoms with van der Waals surface area (Å²) in [6, 6.07) is 2.56. The van der Waals surface area contributed by atoms with Crippen LogP contribution in [0.5, 0.6) is 0 Å². The van der Waals surface area contributed by atoms with E-state index in [9.17, 15) is 14.4 Å². The third-order valence-corrected chi connectivity index (χ3v) is 3.70. The van der Waals surface area contributed by atoms with Crippen LogP contribution in [0.15, 0.2) is 17.5 Å². The summed E-state index contributed by atoms with van der Waals surface area (Å²) >= 11 is 1.28. The molecule has 1 aromatic heterocycles. The van der Waals surface area contributed by atoms with E-state index >= 15 is 0 Å². The van der Waals surface area contributed by atoms with Crippen LogP contribution in [0.1, 0.15) is 22.5 Å². The van der Waals surface area contributed by atoms with Crippen LogP contribution in [0.25, 0.3) is 0 Å². The highest BCUT2D eigenvalue weighted by atomic mass is 32.1. The molecule has 0 bridgehead atoms. The molecular weight excluding hydrogens is 268 g/mol. The van der Waals surface area contributed by atoms with Gasteiger partial charge in [-0.25, -0.2) is 4.79 Å². The van der Waals surface area contributed by atoms with Gasteiger partial charge >= 0.3 is 5.97 Å². The third-order valence-electron chi connectivity index (χ3n) is 2.83. The molecule has 19 heavy (non-hydrogen) atoms. The van der Waals surface area contributed by atoms with Crippen LogP contribution in [0.3, 0.4) is 0 Å². The van der Waals surface area contributed by atoms with Gasteiger partial charge in [0.25, 0.3) is 5.91 Å². The van der Waals surface area contributed by atoms with E-state index in [0.717, 1.165) is 12.8 Å². The SMILES string of the molecule is O=C(CNC(=O)c1cccs1)NC(C(=O)O)C1CC1. The Balaban J connectivity index is 1.78. The number of thiophene rings is 1. The van der Waals surface area contributed by atoms with Crippen LogP contribution >= 0.6 is 11.3 Å². The molecule has 1 heterocycles. The first kappa shape index (κ1) is 13.5. The zero-order valence-electron chi connectivity index (χ0n) is 10.1. The number of carbonyl (C=O) groups is 3. The Hall–Kier alpha value is -1.89. The Kier molecular flexibility index (Phi) is 4.16. The highest BCUT2D eigenvalue weighted by Crippen LogP contribution is 2.32. The highest BCUT2D eigenvalue weighted by Gasteiger charge is 2.37. The van der Waals surface area contributed by atoms with E-state index in [4.69, 9.17) is 5.11 Å². The fourth-order valence-corrected chi connectivity index (χ4v) is 2.33. The number of carboxylic acids is 1. The molecule has 1 aliphatic carbocycles. The molecule has 7 heteroatoms. The van der Waals surface area contributed by atoms with Crippen molar-refractivity contribution in [1.29, 1.82) is 0 Å². The molecule has 6 nitrogen and oxygen atoms in total. The average Bonchev–Trinajstić information content (AvgIpc) is 3.06. The zero-order chi connectivity index (χ0) is 13.8. The zero-order valence-corrected chi connectivity index (χ0v) is 10.9. The molecule has 0 radical (unpaired) electrons. The van der Waals surface area contributed by atoms with E-state index in [1.807, 2.05) is 0 Å². The van der Waals surface area contributed by atoms with Gasteiger partial charge in [-0.2, -0.15) is 0 Å². The summed E-state index contributed by atoms with van der Waals surface area (Å²) in [4.78, 5) is 34.6. The minimum Gasteiger partial charge on any atom is -0.480 e. The van der Waals surface area contributed by atoms with E-state index in [2.05, 4.69) is 10.6 Å². The van der Waals surface area contributed by atoms with Crippen LogP contribution in [0.4, 0.5) is 0 Å². The lowest BCUT2D eigenvalue weighted by Crippen LogP contribution is -2.46. The quantitative estimate of drug-likeness (QED) is 0.706. The molecule has 3 N–H and O–H groups in total. The van der Waals surface area contributed by atoms with E-state index in [1.165, 1.54) is 11.3 Å². The standard InChI is InChI=1S/C12H14N2O4S/c15-9(14-10(12(17)18)7-3-4-7)6-13-11(16)8-2-1-5-19-8/h1-2,5,7,10H,3-4,6H2,(H,13,16)(H,14,15)(H,17,18). The van der Waals surface area contributed by atoms with Gasteiger partial charge in [0.15, 0.2) is 0 Å². The molecule has 1 atom stereocenters. The van der Waals surface area contributed by atoms with Crippen LogP contribution in [-0.2, 0) is 9.59 Å². The van der Waals surface area contributed by atoms with E-state index in [0.29, 0.717) is 4.88 Å². The Morgan fingerprint density at radius 2 is 2.16 bits per heavy atom. The molecule has 0 aromatic carbocycles. The van der Waals surface area contributed by atoms with Crippen molar-refractivity contribution in [3.63, 3.8) is 0 Å². The molecule has 2 amide bonds. The van der Waals surface area contributed by atoms with Crippen molar-refractivity contribution < 1.29 is 19.5 Å². The number of carbonyl (C=O) groups excluding carboxylic acids is 2. The summed E-state index contributed by atoms with van der Waals surface area (Å²) in [5.41, 5.74) is 0. The van der Waals surface area contributed by atoms with Gasteiger partial charge in [0, 0.05) is 0 Å². The van der Waals surface area contributed by atoms with Gasteiger partial charge in [-0.05, 0) is 30.2 Å². The molecule has 1 fully saturated rings. The van der Waals surface area contributed by atoms with Crippen molar-refractivity contribution in [3.8, 4) is 0 Å². The van der Waals surface area contributed by atoms with E-state index in [-0.39, 0.29) is 18.4 Å². The van der Waals surface area contributed by atoms with E-state index in [1.54, 1.807) is 17.5 Å². The maximum Gasteiger partial charge on any atom is 0.326 e. The minimum atomic E-state index is -1.03. The highest BCUT2D eigenvalue weighted by molar-refractivity contribution is 7.12. The normalized spacial score (nSPS) is 15.6. The van der Waals surface area contributed by atoms with Gasteiger partial charge in [0.2, 0.25) is 5.91 Å². The largest absolute Gasteiger partial charge is 0.480 e. The Bertz CT molecular complexity index is 482. The van der Waals surface area contributed by atoms with Gasteiger partial charge < -0.3 is 15.7 Å². The van der Waals surface area contributed by atoms with Gasteiger partial charge in [-0.1, -0.05) is 6.07 Å². The van der Waals surface area contributed by atoms with Gasteiger partial charge in [0.1, 0.15) is 6.04 Å². The fraction of sp³-hybridized carbons (Fsp3) is 0.417. The second-order valence-electron chi connectivity index (χ2n) is 4.38. The maximum absolute atomic E-state index is 11.6.